The van der Waals surface area contributed by atoms with Crippen molar-refractivity contribution in [2.75, 3.05) is 26.9 Å². The van der Waals surface area contributed by atoms with Gasteiger partial charge in [0.2, 0.25) is 0 Å². The van der Waals surface area contributed by atoms with E-state index in [-0.39, 0.29) is 29.5 Å². The number of hydrogen-bond acceptors (Lipinski definition) is 5. The summed E-state index contributed by atoms with van der Waals surface area (Å²) in [5.74, 6) is -1.08. The average Bonchev–Trinajstić information content (AvgIpc) is 3.04. The molecule has 0 aliphatic carbocycles. The van der Waals surface area contributed by atoms with Gasteiger partial charge in [-0.25, -0.2) is 0 Å². The minimum absolute atomic E-state index is 0.0101. The van der Waals surface area contributed by atoms with E-state index in [1.165, 1.54) is 24.1 Å². The van der Waals surface area contributed by atoms with Gasteiger partial charge in [-0.15, -0.1) is 0 Å². The van der Waals surface area contributed by atoms with Gasteiger partial charge in [-0.3, -0.25) is 9.59 Å². The van der Waals surface area contributed by atoms with Crippen molar-refractivity contribution in [2.24, 2.45) is 0 Å². The first-order chi connectivity index (χ1) is 15.4. The Balaban J connectivity index is 2.04. The van der Waals surface area contributed by atoms with E-state index in [0.29, 0.717) is 28.5 Å². The van der Waals surface area contributed by atoms with Crippen LogP contribution in [0.25, 0.3) is 5.76 Å². The Morgan fingerprint density at radius 1 is 1.06 bits per heavy atom. The topological polar surface area (TPSA) is 76.1 Å². The van der Waals surface area contributed by atoms with Crippen LogP contribution in [0.4, 0.5) is 0 Å². The highest BCUT2D eigenvalue weighted by Gasteiger charge is 2.45. The number of likely N-dealkylation sites (tertiary alicyclic amines) is 1. The summed E-state index contributed by atoms with van der Waals surface area (Å²) in [6, 6.07) is 10.9. The van der Waals surface area contributed by atoms with Crippen LogP contribution in [0.3, 0.4) is 0 Å². The number of hydrogen-bond donors (Lipinski definition) is 1. The van der Waals surface area contributed by atoms with Gasteiger partial charge in [0, 0.05) is 19.2 Å². The minimum Gasteiger partial charge on any atom is -0.507 e. The molecule has 3 rings (SSSR count). The fourth-order valence-electron chi connectivity index (χ4n) is 3.53. The fourth-order valence-corrected chi connectivity index (χ4v) is 3.82. The zero-order valence-electron chi connectivity index (χ0n) is 17.9. The molecular weight excluding hydrogens is 453 g/mol. The van der Waals surface area contributed by atoms with Crippen LogP contribution in [-0.2, 0) is 14.3 Å². The molecule has 1 aliphatic heterocycles. The maximum Gasteiger partial charge on any atom is 0.295 e. The fraction of sp³-hybridized carbons (Fsp3) is 0.333. The number of benzene rings is 2. The number of unbranched alkanes of at least 4 members (excludes halogenated alkanes) is 1. The molecule has 1 atom stereocenters. The molecule has 1 unspecified atom stereocenters. The Bertz CT molecular complexity index is 1020. The highest BCUT2D eigenvalue weighted by atomic mass is 35.5. The van der Waals surface area contributed by atoms with Gasteiger partial charge in [0.25, 0.3) is 11.7 Å². The lowest BCUT2D eigenvalue weighted by atomic mass is 9.95. The van der Waals surface area contributed by atoms with Crippen molar-refractivity contribution in [3.63, 3.8) is 0 Å². The second-order valence-corrected chi connectivity index (χ2v) is 8.20. The zero-order chi connectivity index (χ0) is 23.3. The standard InChI is InChI=1S/C24H25Cl2NO5/c1-3-4-12-32-17-8-5-15(6-9-17)21-20(23(29)24(30)27(21)11-13-31-2)22(28)16-7-10-18(25)19(26)14-16/h5-10,14,21,28H,3-4,11-13H2,1-2H3/b22-20-. The Kier molecular flexibility index (Phi) is 8.18. The van der Waals surface area contributed by atoms with Gasteiger partial charge in [-0.1, -0.05) is 48.7 Å². The van der Waals surface area contributed by atoms with Gasteiger partial charge < -0.3 is 19.5 Å². The van der Waals surface area contributed by atoms with Crippen LogP contribution in [0, 0.1) is 0 Å². The van der Waals surface area contributed by atoms with Crippen molar-refractivity contribution < 1.29 is 24.2 Å². The van der Waals surface area contributed by atoms with Gasteiger partial charge >= 0.3 is 0 Å². The molecule has 0 spiro atoms. The van der Waals surface area contributed by atoms with Gasteiger partial charge in [-0.05, 0) is 42.3 Å². The molecule has 0 aromatic heterocycles. The van der Waals surface area contributed by atoms with E-state index >= 15 is 0 Å². The summed E-state index contributed by atoms with van der Waals surface area (Å²) in [5.41, 5.74) is 0.961. The number of ketones is 1. The van der Waals surface area contributed by atoms with Crippen LogP contribution in [0.15, 0.2) is 48.0 Å². The van der Waals surface area contributed by atoms with Gasteiger partial charge in [0.05, 0.1) is 34.9 Å². The normalized spacial score (nSPS) is 17.8. The molecule has 1 saturated heterocycles. The molecule has 6 nitrogen and oxygen atoms in total. The Morgan fingerprint density at radius 3 is 2.41 bits per heavy atom. The van der Waals surface area contributed by atoms with E-state index < -0.39 is 17.7 Å². The smallest absolute Gasteiger partial charge is 0.295 e. The van der Waals surface area contributed by atoms with Crippen LogP contribution in [0.5, 0.6) is 5.75 Å². The van der Waals surface area contributed by atoms with E-state index in [1.807, 2.05) is 0 Å². The minimum atomic E-state index is -0.774. The monoisotopic (exact) mass is 477 g/mol. The van der Waals surface area contributed by atoms with Crippen LogP contribution >= 0.6 is 23.2 Å². The van der Waals surface area contributed by atoms with E-state index in [9.17, 15) is 14.7 Å². The number of rotatable bonds is 9. The molecule has 170 valence electrons. The summed E-state index contributed by atoms with van der Waals surface area (Å²) in [4.78, 5) is 27.1. The van der Waals surface area contributed by atoms with Gasteiger partial charge in [-0.2, -0.15) is 0 Å². The Morgan fingerprint density at radius 2 is 1.78 bits per heavy atom. The van der Waals surface area contributed by atoms with Crippen LogP contribution in [0.1, 0.15) is 36.9 Å². The largest absolute Gasteiger partial charge is 0.507 e. The molecule has 0 bridgehead atoms. The number of amides is 1. The molecule has 32 heavy (non-hydrogen) atoms. The second-order valence-electron chi connectivity index (χ2n) is 7.39. The van der Waals surface area contributed by atoms with E-state index in [1.54, 1.807) is 30.3 Å². The molecule has 2 aromatic rings. The molecule has 1 fully saturated rings. The summed E-state index contributed by atoms with van der Waals surface area (Å²) < 4.78 is 10.8. The number of aliphatic hydroxyl groups is 1. The van der Waals surface area contributed by atoms with Crippen molar-refractivity contribution >= 4 is 40.7 Å². The van der Waals surface area contributed by atoms with Crippen molar-refractivity contribution in [3.8, 4) is 5.75 Å². The van der Waals surface area contributed by atoms with E-state index in [2.05, 4.69) is 6.92 Å². The van der Waals surface area contributed by atoms with E-state index in [4.69, 9.17) is 32.7 Å². The van der Waals surface area contributed by atoms with Crippen molar-refractivity contribution in [3.05, 3.63) is 69.2 Å². The number of carbonyl (C=O) groups is 2. The zero-order valence-corrected chi connectivity index (χ0v) is 19.4. The molecular formula is C24H25Cl2NO5. The number of halogens is 2. The lowest BCUT2D eigenvalue weighted by Gasteiger charge is -2.25. The first kappa shape index (κ1) is 24.1. The molecule has 0 radical (unpaired) electrons. The maximum absolute atomic E-state index is 12.9. The third-order valence-corrected chi connectivity index (χ3v) is 5.97. The molecule has 1 amide bonds. The number of methoxy groups -OCH3 is 1. The molecule has 2 aromatic carbocycles. The maximum atomic E-state index is 12.9. The van der Waals surface area contributed by atoms with Crippen molar-refractivity contribution in [1.82, 2.24) is 4.90 Å². The highest BCUT2D eigenvalue weighted by molar-refractivity contribution is 6.46. The summed E-state index contributed by atoms with van der Waals surface area (Å²) in [6.45, 7) is 3.13. The number of nitrogens with zero attached hydrogens (tertiary/aromatic N) is 1. The summed E-state index contributed by atoms with van der Waals surface area (Å²) in [7, 11) is 1.52. The lowest BCUT2D eigenvalue weighted by molar-refractivity contribution is -0.140. The molecule has 1 heterocycles. The Labute approximate surface area is 197 Å². The van der Waals surface area contributed by atoms with Crippen LogP contribution in [0.2, 0.25) is 10.0 Å². The van der Waals surface area contributed by atoms with Crippen LogP contribution in [-0.4, -0.2) is 48.6 Å². The average molecular weight is 478 g/mol. The summed E-state index contributed by atoms with van der Waals surface area (Å²) in [6.07, 6.45) is 1.98. The lowest BCUT2D eigenvalue weighted by Crippen LogP contribution is -2.32. The van der Waals surface area contributed by atoms with Crippen LogP contribution < -0.4 is 4.74 Å². The van der Waals surface area contributed by atoms with Gasteiger partial charge in [0.15, 0.2) is 0 Å². The summed E-state index contributed by atoms with van der Waals surface area (Å²) in [5, 5.41) is 11.6. The van der Waals surface area contributed by atoms with E-state index in [0.717, 1.165) is 12.8 Å². The predicted molar refractivity (Wildman–Crippen MR) is 124 cm³/mol. The number of aliphatic hydroxyl groups excluding tert-OH is 1. The van der Waals surface area contributed by atoms with Gasteiger partial charge in [0.1, 0.15) is 11.5 Å². The highest BCUT2D eigenvalue weighted by Crippen LogP contribution is 2.40. The second kappa shape index (κ2) is 10.9. The third-order valence-electron chi connectivity index (χ3n) is 5.23. The molecule has 0 saturated carbocycles. The molecule has 1 aliphatic rings. The summed E-state index contributed by atoms with van der Waals surface area (Å²) >= 11 is 12.1. The predicted octanol–water partition coefficient (Wildman–Crippen LogP) is 5.24. The van der Waals surface area contributed by atoms with Crippen molar-refractivity contribution in [2.45, 2.75) is 25.8 Å². The number of Topliss-reactive ketones (excluding diaryl/α,β-unsaturated/α-hetero) is 1. The quantitative estimate of drug-likeness (QED) is 0.231. The first-order valence-corrected chi connectivity index (χ1v) is 11.1. The Hall–Kier alpha value is -2.54. The first-order valence-electron chi connectivity index (χ1n) is 10.3. The molecule has 8 heteroatoms. The number of carbonyl (C=O) groups excluding carboxylic acids is 2. The number of ether oxygens (including phenoxy) is 2. The molecule has 1 N–H and O–H groups in total. The van der Waals surface area contributed by atoms with Crippen molar-refractivity contribution in [1.29, 1.82) is 0 Å². The SMILES string of the molecule is CCCCOc1ccc(C2/C(=C(/O)c3ccc(Cl)c(Cl)c3)C(=O)C(=O)N2CCOC)cc1. The third kappa shape index (κ3) is 5.09.